The van der Waals surface area contributed by atoms with E-state index >= 15 is 0 Å². The van der Waals surface area contributed by atoms with Crippen LogP contribution in [0.2, 0.25) is 0 Å². The monoisotopic (exact) mass is 309 g/mol. The minimum atomic E-state index is 0.171. The second kappa shape index (κ2) is 7.84. The van der Waals surface area contributed by atoms with Crippen LogP contribution in [0.1, 0.15) is 52.9 Å². The first kappa shape index (κ1) is 17.1. The minimum Gasteiger partial charge on any atom is -0.342 e. The molecule has 22 heavy (non-hydrogen) atoms. The number of nitrogens with zero attached hydrogens (tertiary/aromatic N) is 3. The maximum atomic E-state index is 12.4. The largest absolute Gasteiger partial charge is 0.342 e. The lowest BCUT2D eigenvalue weighted by atomic mass is 9.98. The summed E-state index contributed by atoms with van der Waals surface area (Å²) in [5, 5.41) is 0. The van der Waals surface area contributed by atoms with Crippen LogP contribution in [0.25, 0.3) is 0 Å². The molecule has 2 fully saturated rings. The zero-order chi connectivity index (χ0) is 16.1. The zero-order valence-electron chi connectivity index (χ0n) is 14.4. The molecule has 0 radical (unpaired) electrons. The zero-order valence-corrected chi connectivity index (χ0v) is 14.4. The molecule has 0 saturated carbocycles. The van der Waals surface area contributed by atoms with Crippen LogP contribution < -0.4 is 0 Å². The predicted molar refractivity (Wildman–Crippen MR) is 87.6 cm³/mol. The van der Waals surface area contributed by atoms with E-state index in [1.807, 2.05) is 14.7 Å². The molecule has 0 spiro atoms. The summed E-state index contributed by atoms with van der Waals surface area (Å²) in [6, 6.07) is 0.520. The number of carbonyl (C=O) groups is 2. The van der Waals surface area contributed by atoms with E-state index in [-0.39, 0.29) is 11.9 Å². The highest BCUT2D eigenvalue weighted by Gasteiger charge is 2.36. The van der Waals surface area contributed by atoms with Crippen molar-refractivity contribution in [1.82, 2.24) is 14.7 Å². The minimum absolute atomic E-state index is 0.171. The molecule has 2 saturated heterocycles. The van der Waals surface area contributed by atoms with Gasteiger partial charge >= 0.3 is 6.03 Å². The Morgan fingerprint density at radius 3 is 2.27 bits per heavy atom. The van der Waals surface area contributed by atoms with Crippen molar-refractivity contribution in [3.63, 3.8) is 0 Å². The predicted octanol–water partition coefficient (Wildman–Crippen LogP) is 2.56. The number of amides is 3. The lowest BCUT2D eigenvalue weighted by molar-refractivity contribution is -0.137. The van der Waals surface area contributed by atoms with Crippen molar-refractivity contribution in [3.8, 4) is 0 Å². The third kappa shape index (κ3) is 3.55. The summed E-state index contributed by atoms with van der Waals surface area (Å²) in [5.41, 5.74) is 0. The molecule has 0 bridgehead atoms. The molecule has 2 heterocycles. The van der Waals surface area contributed by atoms with Crippen molar-refractivity contribution in [2.24, 2.45) is 5.92 Å². The molecule has 5 nitrogen and oxygen atoms in total. The van der Waals surface area contributed by atoms with Crippen LogP contribution >= 0.6 is 0 Å². The summed E-state index contributed by atoms with van der Waals surface area (Å²) in [6.45, 7) is 10.5. The fourth-order valence-corrected chi connectivity index (χ4v) is 3.71. The Hall–Kier alpha value is -1.26. The second-order valence-electron chi connectivity index (χ2n) is 6.53. The fraction of sp³-hybridized carbons (Fsp3) is 0.882. The molecule has 5 heteroatoms. The van der Waals surface area contributed by atoms with Crippen LogP contribution in [0, 0.1) is 5.92 Å². The van der Waals surface area contributed by atoms with E-state index in [9.17, 15) is 9.59 Å². The van der Waals surface area contributed by atoms with Gasteiger partial charge in [0, 0.05) is 44.7 Å². The number of hydrogen-bond donors (Lipinski definition) is 0. The summed E-state index contributed by atoms with van der Waals surface area (Å²) in [5.74, 6) is 0.480. The van der Waals surface area contributed by atoms with Gasteiger partial charge in [0.25, 0.3) is 0 Å². The van der Waals surface area contributed by atoms with Crippen LogP contribution in [0.3, 0.4) is 0 Å². The van der Waals surface area contributed by atoms with Gasteiger partial charge in [0.15, 0.2) is 0 Å². The van der Waals surface area contributed by atoms with Crippen molar-refractivity contribution in [3.05, 3.63) is 0 Å². The van der Waals surface area contributed by atoms with E-state index in [1.54, 1.807) is 0 Å². The van der Waals surface area contributed by atoms with Gasteiger partial charge in [0.1, 0.15) is 0 Å². The van der Waals surface area contributed by atoms with Gasteiger partial charge in [-0.05, 0) is 32.1 Å². The van der Waals surface area contributed by atoms with Gasteiger partial charge in [0.2, 0.25) is 5.91 Å². The van der Waals surface area contributed by atoms with E-state index in [0.717, 1.165) is 64.8 Å². The molecule has 3 amide bonds. The number of likely N-dealkylation sites (tertiary alicyclic amines) is 1. The molecule has 0 aromatic rings. The molecule has 2 aliphatic rings. The molecule has 2 rings (SSSR count). The van der Waals surface area contributed by atoms with E-state index in [2.05, 4.69) is 20.8 Å². The lowest BCUT2D eigenvalue weighted by Gasteiger charge is -2.37. The molecule has 0 unspecified atom stereocenters. The molecular formula is C17H31N3O2. The normalized spacial score (nSPS) is 20.4. The van der Waals surface area contributed by atoms with Crippen LogP contribution in [-0.2, 0) is 4.79 Å². The van der Waals surface area contributed by atoms with Crippen molar-refractivity contribution in [2.75, 3.05) is 32.7 Å². The Balaban J connectivity index is 1.85. The third-order valence-corrected chi connectivity index (χ3v) is 5.17. The maximum absolute atomic E-state index is 12.4. The molecule has 0 aliphatic carbocycles. The molecule has 0 N–H and O–H groups in total. The van der Waals surface area contributed by atoms with Gasteiger partial charge in [-0.2, -0.15) is 0 Å². The van der Waals surface area contributed by atoms with Gasteiger partial charge in [-0.15, -0.1) is 0 Å². The van der Waals surface area contributed by atoms with Gasteiger partial charge in [-0.25, -0.2) is 4.79 Å². The van der Waals surface area contributed by atoms with Crippen molar-refractivity contribution in [1.29, 1.82) is 0 Å². The average molecular weight is 309 g/mol. The first-order chi connectivity index (χ1) is 10.6. The Kier molecular flexibility index (Phi) is 6.09. The maximum Gasteiger partial charge on any atom is 0.320 e. The topological polar surface area (TPSA) is 43.9 Å². The van der Waals surface area contributed by atoms with Gasteiger partial charge in [-0.3, -0.25) is 4.79 Å². The first-order valence-corrected chi connectivity index (χ1v) is 8.96. The summed E-state index contributed by atoms with van der Waals surface area (Å²) in [6.07, 6.45) is 4.72. The quantitative estimate of drug-likeness (QED) is 0.757. The third-order valence-electron chi connectivity index (χ3n) is 5.17. The lowest BCUT2D eigenvalue weighted by Crippen LogP contribution is -2.49. The number of hydrogen-bond acceptors (Lipinski definition) is 2. The molecule has 126 valence electrons. The van der Waals surface area contributed by atoms with Crippen molar-refractivity contribution >= 4 is 11.9 Å². The summed E-state index contributed by atoms with van der Waals surface area (Å²) >= 11 is 0. The van der Waals surface area contributed by atoms with Gasteiger partial charge in [0.05, 0.1) is 0 Å². The van der Waals surface area contributed by atoms with Gasteiger partial charge < -0.3 is 14.7 Å². The van der Waals surface area contributed by atoms with Crippen LogP contribution in [0.5, 0.6) is 0 Å². The van der Waals surface area contributed by atoms with Crippen molar-refractivity contribution < 1.29 is 9.59 Å². The fourth-order valence-electron chi connectivity index (χ4n) is 3.71. The molecule has 2 aliphatic heterocycles. The highest BCUT2D eigenvalue weighted by Crippen LogP contribution is 2.23. The Morgan fingerprint density at radius 1 is 1.09 bits per heavy atom. The number of piperidine rings is 1. The Bertz CT molecular complexity index is 387. The van der Waals surface area contributed by atoms with Crippen molar-refractivity contribution in [2.45, 2.75) is 58.9 Å². The van der Waals surface area contributed by atoms with Gasteiger partial charge in [-0.1, -0.05) is 20.8 Å². The van der Waals surface area contributed by atoms with Crippen LogP contribution in [-0.4, -0.2) is 65.4 Å². The highest BCUT2D eigenvalue weighted by atomic mass is 16.2. The van der Waals surface area contributed by atoms with E-state index in [1.165, 1.54) is 0 Å². The summed E-state index contributed by atoms with van der Waals surface area (Å²) in [7, 11) is 0. The summed E-state index contributed by atoms with van der Waals surface area (Å²) in [4.78, 5) is 30.8. The number of rotatable bonds is 6. The Labute approximate surface area is 134 Å². The molecule has 0 aromatic carbocycles. The molecule has 0 atom stereocenters. The summed E-state index contributed by atoms with van der Waals surface area (Å²) < 4.78 is 0. The van der Waals surface area contributed by atoms with E-state index in [4.69, 9.17) is 0 Å². The first-order valence-electron chi connectivity index (χ1n) is 8.96. The Morgan fingerprint density at radius 2 is 1.73 bits per heavy atom. The van der Waals surface area contributed by atoms with Crippen LogP contribution in [0.4, 0.5) is 4.79 Å². The average Bonchev–Trinajstić information content (AvgIpc) is 2.90. The number of carbonyl (C=O) groups excluding carboxylic acids is 2. The van der Waals surface area contributed by atoms with E-state index < -0.39 is 0 Å². The number of urea groups is 1. The molecule has 0 aromatic heterocycles. The van der Waals surface area contributed by atoms with E-state index in [0.29, 0.717) is 11.9 Å². The highest BCUT2D eigenvalue weighted by molar-refractivity contribution is 5.79. The standard InChI is InChI=1S/C17H31N3O2/c1-4-9-19-12-13-20(17(19)22)15-7-10-18(11-8-15)16(21)14(5-2)6-3/h14-15H,4-13H2,1-3H3. The molecular weight excluding hydrogens is 278 g/mol. The SMILES string of the molecule is CCCN1CCN(C2CCN(C(=O)C(CC)CC)CC2)C1=O. The second-order valence-corrected chi connectivity index (χ2v) is 6.53. The smallest absolute Gasteiger partial charge is 0.320 e. The van der Waals surface area contributed by atoms with Crippen LogP contribution in [0.15, 0.2) is 0 Å².